The molecule has 1 rings (SSSR count). The number of alkyl halides is 3. The summed E-state index contributed by atoms with van der Waals surface area (Å²) in [4.78, 5) is 8.70. The van der Waals surface area contributed by atoms with Gasteiger partial charge in [0.25, 0.3) is 15.5 Å². The molecule has 10 heteroatoms. The molecule has 1 aromatic carbocycles. The van der Waals surface area contributed by atoms with E-state index in [4.69, 9.17) is 5.73 Å². The normalized spacial score (nSPS) is 12.4. The van der Waals surface area contributed by atoms with Gasteiger partial charge in [0, 0.05) is 28.7 Å². The van der Waals surface area contributed by atoms with Crippen LogP contribution in [-0.2, 0) is 9.84 Å². The number of anilines is 1. The highest BCUT2D eigenvalue weighted by Crippen LogP contribution is 2.37. The highest BCUT2D eigenvalue weighted by Gasteiger charge is 2.43. The highest BCUT2D eigenvalue weighted by molar-refractivity contribution is 14.1. The molecule has 0 aliphatic heterocycles. The minimum Gasteiger partial charge on any atom is -0.393 e. The van der Waals surface area contributed by atoms with Gasteiger partial charge < -0.3 is 5.73 Å². The number of sulfone groups is 1. The highest BCUT2D eigenvalue weighted by atomic mass is 127. The third kappa shape index (κ3) is 2.62. The average Bonchev–Trinajstić information content (AvgIpc) is 2.15. The fraction of sp³-hybridized carbons (Fsp3) is 0.143. The van der Waals surface area contributed by atoms with Crippen molar-refractivity contribution in [3.63, 3.8) is 0 Å². The lowest BCUT2D eigenvalue weighted by Crippen LogP contribution is -2.21. The standard InChI is InChI=1S/C7H5F2IN2O4S/c8-7(9,10)17(15,16)4-1-2-5(11)6(3-4)12(13)14/h1-3H,11H2. The van der Waals surface area contributed by atoms with Crippen LogP contribution in [-0.4, -0.2) is 16.6 Å². The van der Waals surface area contributed by atoms with Crippen LogP contribution in [0.3, 0.4) is 0 Å². The zero-order valence-electron chi connectivity index (χ0n) is 7.93. The molecule has 94 valence electrons. The van der Waals surface area contributed by atoms with Gasteiger partial charge in [0.2, 0.25) is 0 Å². The Morgan fingerprint density at radius 1 is 1.41 bits per heavy atom. The topological polar surface area (TPSA) is 103 Å². The monoisotopic (exact) mass is 378 g/mol. The first-order chi connectivity index (χ1) is 7.57. The molecule has 0 aliphatic rings. The zero-order chi connectivity index (χ0) is 13.4. The molecule has 0 saturated heterocycles. The smallest absolute Gasteiger partial charge is 0.393 e. The lowest BCUT2D eigenvalue weighted by Gasteiger charge is -2.10. The molecular weight excluding hydrogens is 373 g/mol. The first-order valence-corrected chi connectivity index (χ1v) is 6.49. The summed E-state index contributed by atoms with van der Waals surface area (Å²) < 4.78 is 44.2. The van der Waals surface area contributed by atoms with E-state index in [2.05, 4.69) is 0 Å². The first kappa shape index (κ1) is 14.0. The Hall–Kier alpha value is -1.04. The summed E-state index contributed by atoms with van der Waals surface area (Å²) >= 11 is 0.438. The quantitative estimate of drug-likeness (QED) is 0.285. The second kappa shape index (κ2) is 4.33. The molecule has 17 heavy (non-hydrogen) atoms. The van der Waals surface area contributed by atoms with Crippen LogP contribution < -0.4 is 5.73 Å². The summed E-state index contributed by atoms with van der Waals surface area (Å²) in [5, 5.41) is 10.5. The van der Waals surface area contributed by atoms with Crippen molar-refractivity contribution in [2.45, 2.75) is 8.16 Å². The Balaban J connectivity index is 3.46. The predicted octanol–water partition coefficient (Wildman–Crippen LogP) is 1.94. The summed E-state index contributed by atoms with van der Waals surface area (Å²) in [7, 11) is -4.96. The molecule has 0 bridgehead atoms. The van der Waals surface area contributed by atoms with Crippen LogP contribution in [0.5, 0.6) is 0 Å². The Morgan fingerprint density at radius 3 is 2.35 bits per heavy atom. The average molecular weight is 378 g/mol. The van der Waals surface area contributed by atoms with Gasteiger partial charge in [-0.15, -0.1) is 0 Å². The maximum absolute atomic E-state index is 12.8. The summed E-state index contributed by atoms with van der Waals surface area (Å²) in [5.41, 5.74) is 4.19. The molecule has 0 aliphatic carbocycles. The number of nitrogen functional groups attached to an aromatic ring is 1. The molecule has 0 amide bonds. The van der Waals surface area contributed by atoms with Crippen molar-refractivity contribution in [2.24, 2.45) is 0 Å². The number of nitrogens with two attached hydrogens (primary N) is 1. The lowest BCUT2D eigenvalue weighted by atomic mass is 10.3. The number of halogens is 3. The molecule has 0 fully saturated rings. The zero-order valence-corrected chi connectivity index (χ0v) is 10.9. The van der Waals surface area contributed by atoms with Crippen molar-refractivity contribution in [1.82, 2.24) is 0 Å². The van der Waals surface area contributed by atoms with Gasteiger partial charge in [-0.25, -0.2) is 8.42 Å². The molecule has 0 spiro atoms. The predicted molar refractivity (Wildman–Crippen MR) is 63.7 cm³/mol. The summed E-state index contributed by atoms with van der Waals surface area (Å²) in [5.74, 6) is 0. The Kier molecular flexibility index (Phi) is 3.57. The molecule has 2 N–H and O–H groups in total. The van der Waals surface area contributed by atoms with Gasteiger partial charge in [0.1, 0.15) is 5.69 Å². The van der Waals surface area contributed by atoms with E-state index in [1.165, 1.54) is 0 Å². The Morgan fingerprint density at radius 2 is 1.94 bits per heavy atom. The maximum Gasteiger partial charge on any atom is 0.398 e. The van der Waals surface area contributed by atoms with Gasteiger partial charge in [0.15, 0.2) is 0 Å². The lowest BCUT2D eigenvalue weighted by molar-refractivity contribution is -0.384. The number of nitrogens with zero attached hydrogens (tertiary/aromatic N) is 1. The van der Waals surface area contributed by atoms with E-state index in [1.54, 1.807) is 0 Å². The summed E-state index contributed by atoms with van der Waals surface area (Å²) in [6, 6.07) is 2.20. The van der Waals surface area contributed by atoms with Crippen molar-refractivity contribution in [3.05, 3.63) is 28.3 Å². The van der Waals surface area contributed by atoms with Crippen LogP contribution in [0.2, 0.25) is 0 Å². The van der Waals surface area contributed by atoms with E-state index in [0.717, 1.165) is 12.1 Å². The first-order valence-electron chi connectivity index (χ1n) is 3.92. The summed E-state index contributed by atoms with van der Waals surface area (Å²) in [6.07, 6.45) is 0. The number of nitro benzene ring substituents is 1. The van der Waals surface area contributed by atoms with Crippen LogP contribution in [0.15, 0.2) is 23.1 Å². The Bertz CT molecular complexity index is 570. The van der Waals surface area contributed by atoms with Crippen LogP contribution in [0.4, 0.5) is 20.2 Å². The van der Waals surface area contributed by atoms with Gasteiger partial charge in [-0.3, -0.25) is 10.1 Å². The molecule has 0 atom stereocenters. The Labute approximate surface area is 108 Å². The number of nitro groups is 1. The molecular formula is C7H5F2IN2O4S. The second-order valence-corrected chi connectivity index (χ2v) is 7.00. The van der Waals surface area contributed by atoms with E-state index >= 15 is 0 Å². The minimum atomic E-state index is -4.96. The molecule has 0 radical (unpaired) electrons. The van der Waals surface area contributed by atoms with E-state index in [9.17, 15) is 27.3 Å². The largest absolute Gasteiger partial charge is 0.398 e. The van der Waals surface area contributed by atoms with Crippen LogP contribution >= 0.6 is 22.6 Å². The van der Waals surface area contributed by atoms with Crippen LogP contribution in [0, 0.1) is 10.1 Å². The molecule has 0 aromatic heterocycles. The second-order valence-electron chi connectivity index (χ2n) is 2.93. The van der Waals surface area contributed by atoms with E-state index in [-0.39, 0.29) is 5.69 Å². The van der Waals surface area contributed by atoms with Gasteiger partial charge in [-0.05, 0) is 12.1 Å². The number of hydrogen-bond donors (Lipinski definition) is 1. The van der Waals surface area contributed by atoms with Crippen molar-refractivity contribution in [2.75, 3.05) is 5.73 Å². The van der Waals surface area contributed by atoms with Crippen molar-refractivity contribution in [3.8, 4) is 0 Å². The van der Waals surface area contributed by atoms with Crippen LogP contribution in [0.1, 0.15) is 0 Å². The SMILES string of the molecule is Nc1ccc(S(=O)(=O)C(F)(F)I)cc1[N+](=O)[O-]. The number of benzene rings is 1. The molecule has 6 nitrogen and oxygen atoms in total. The molecule has 1 aromatic rings. The third-order valence-corrected chi connectivity index (χ3v) is 5.04. The van der Waals surface area contributed by atoms with Crippen molar-refractivity contribution < 1.29 is 22.1 Å². The van der Waals surface area contributed by atoms with Gasteiger partial charge in [-0.2, -0.15) is 8.78 Å². The van der Waals surface area contributed by atoms with E-state index in [0.29, 0.717) is 28.7 Å². The minimum absolute atomic E-state index is 0.300. The molecule has 0 saturated carbocycles. The number of hydrogen-bond acceptors (Lipinski definition) is 5. The fourth-order valence-corrected chi connectivity index (χ4v) is 2.53. The van der Waals surface area contributed by atoms with Crippen molar-refractivity contribution in [1.29, 1.82) is 0 Å². The van der Waals surface area contributed by atoms with E-state index in [1.807, 2.05) is 0 Å². The summed E-state index contributed by atoms with van der Waals surface area (Å²) in [6.45, 7) is 0. The fourth-order valence-electron chi connectivity index (χ4n) is 0.982. The third-order valence-electron chi connectivity index (χ3n) is 1.81. The van der Waals surface area contributed by atoms with E-state index < -0.39 is 28.6 Å². The van der Waals surface area contributed by atoms with Gasteiger partial charge in [-0.1, -0.05) is 0 Å². The van der Waals surface area contributed by atoms with Crippen LogP contribution in [0.25, 0.3) is 0 Å². The maximum atomic E-state index is 12.8. The van der Waals surface area contributed by atoms with Gasteiger partial charge >= 0.3 is 3.26 Å². The van der Waals surface area contributed by atoms with Crippen molar-refractivity contribution >= 4 is 43.8 Å². The number of rotatable bonds is 3. The molecule has 0 heterocycles. The van der Waals surface area contributed by atoms with Gasteiger partial charge in [0.05, 0.1) is 9.82 Å². The molecule has 0 unspecified atom stereocenters.